The van der Waals surface area contributed by atoms with Crippen LogP contribution >= 0.6 is 0 Å². The van der Waals surface area contributed by atoms with Crippen LogP contribution in [0.4, 0.5) is 0 Å². The van der Waals surface area contributed by atoms with Crippen molar-refractivity contribution in [2.24, 2.45) is 5.92 Å². The van der Waals surface area contributed by atoms with Gasteiger partial charge in [-0.2, -0.15) is 0 Å². The number of hydrogen-bond acceptors (Lipinski definition) is 2. The van der Waals surface area contributed by atoms with Gasteiger partial charge in [0, 0.05) is 5.71 Å². The molecule has 0 spiro atoms. The van der Waals surface area contributed by atoms with Crippen molar-refractivity contribution in [3.05, 3.63) is 0 Å². The molecule has 0 aromatic heterocycles. The zero-order valence-electron chi connectivity index (χ0n) is 5.39. The van der Waals surface area contributed by atoms with Crippen LogP contribution in [0.25, 0.3) is 0 Å². The Hall–Kier alpha value is -0.660. The summed E-state index contributed by atoms with van der Waals surface area (Å²) in [6, 6.07) is 0. The molecule has 0 aromatic carbocycles. The van der Waals surface area contributed by atoms with Crippen molar-refractivity contribution in [3.63, 3.8) is 0 Å². The van der Waals surface area contributed by atoms with E-state index in [0.29, 0.717) is 5.71 Å². The highest BCUT2D eigenvalue weighted by Crippen LogP contribution is 2.18. The van der Waals surface area contributed by atoms with Gasteiger partial charge in [-0.15, -0.1) is 0 Å². The summed E-state index contributed by atoms with van der Waals surface area (Å²) in [7, 11) is 0. The lowest BCUT2D eigenvalue weighted by molar-refractivity contribution is -0.109. The highest BCUT2D eigenvalue weighted by Gasteiger charge is 2.16. The van der Waals surface area contributed by atoms with Gasteiger partial charge in [-0.05, 0) is 19.3 Å². The molecule has 0 bridgehead atoms. The zero-order valence-corrected chi connectivity index (χ0v) is 5.39. The average molecular weight is 125 g/mol. The van der Waals surface area contributed by atoms with Gasteiger partial charge in [0.05, 0.1) is 5.92 Å². The second kappa shape index (κ2) is 2.76. The SMILES string of the molecule is N=C1CCCCC1C=O. The van der Waals surface area contributed by atoms with Gasteiger partial charge in [0.1, 0.15) is 6.29 Å². The van der Waals surface area contributed by atoms with Gasteiger partial charge in [-0.25, -0.2) is 0 Å². The molecule has 0 saturated heterocycles. The Balaban J connectivity index is 2.48. The van der Waals surface area contributed by atoms with Crippen molar-refractivity contribution in [1.82, 2.24) is 0 Å². The van der Waals surface area contributed by atoms with Crippen molar-refractivity contribution < 1.29 is 4.79 Å². The third kappa shape index (κ3) is 1.37. The third-order valence-electron chi connectivity index (χ3n) is 1.82. The summed E-state index contributed by atoms with van der Waals surface area (Å²) in [5.74, 6) is -0.0428. The van der Waals surface area contributed by atoms with Crippen LogP contribution in [-0.4, -0.2) is 12.0 Å². The van der Waals surface area contributed by atoms with Crippen LogP contribution in [-0.2, 0) is 4.79 Å². The zero-order chi connectivity index (χ0) is 6.69. The van der Waals surface area contributed by atoms with E-state index >= 15 is 0 Å². The molecule has 2 nitrogen and oxygen atoms in total. The number of carbonyl (C=O) groups excluding carboxylic acids is 1. The summed E-state index contributed by atoms with van der Waals surface area (Å²) in [6.45, 7) is 0. The summed E-state index contributed by atoms with van der Waals surface area (Å²) >= 11 is 0. The Morgan fingerprint density at radius 3 is 2.78 bits per heavy atom. The highest BCUT2D eigenvalue weighted by molar-refractivity contribution is 5.95. The highest BCUT2D eigenvalue weighted by atomic mass is 16.1. The van der Waals surface area contributed by atoms with Crippen LogP contribution in [0.3, 0.4) is 0 Å². The Kier molecular flexibility index (Phi) is 1.98. The summed E-state index contributed by atoms with van der Waals surface area (Å²) in [4.78, 5) is 10.2. The van der Waals surface area contributed by atoms with Crippen LogP contribution in [0.2, 0.25) is 0 Å². The average Bonchev–Trinajstić information content (AvgIpc) is 1.89. The van der Waals surface area contributed by atoms with Gasteiger partial charge >= 0.3 is 0 Å². The van der Waals surface area contributed by atoms with Gasteiger partial charge in [0.15, 0.2) is 0 Å². The Morgan fingerprint density at radius 2 is 2.33 bits per heavy atom. The van der Waals surface area contributed by atoms with E-state index in [2.05, 4.69) is 0 Å². The molecule has 1 aliphatic rings. The van der Waals surface area contributed by atoms with Gasteiger partial charge in [-0.3, -0.25) is 0 Å². The molecule has 2 heteroatoms. The first-order valence-electron chi connectivity index (χ1n) is 3.37. The van der Waals surface area contributed by atoms with E-state index in [-0.39, 0.29) is 5.92 Å². The first kappa shape index (κ1) is 6.46. The molecular formula is C7H11NO. The van der Waals surface area contributed by atoms with Crippen molar-refractivity contribution in [2.45, 2.75) is 25.7 Å². The van der Waals surface area contributed by atoms with E-state index in [0.717, 1.165) is 32.0 Å². The standard InChI is InChI=1S/C7H11NO/c8-7-4-2-1-3-6(7)5-9/h5-6,8H,1-4H2. The molecule has 0 aliphatic heterocycles. The smallest absolute Gasteiger partial charge is 0.128 e. The number of nitrogens with one attached hydrogen (secondary N) is 1. The Bertz CT molecular complexity index is 131. The topological polar surface area (TPSA) is 40.9 Å². The van der Waals surface area contributed by atoms with E-state index in [4.69, 9.17) is 5.41 Å². The lowest BCUT2D eigenvalue weighted by Crippen LogP contribution is -2.18. The summed E-state index contributed by atoms with van der Waals surface area (Å²) in [5, 5.41) is 7.31. The molecule has 0 amide bonds. The van der Waals surface area contributed by atoms with Crippen LogP contribution in [0.5, 0.6) is 0 Å². The minimum Gasteiger partial charge on any atom is -0.309 e. The van der Waals surface area contributed by atoms with E-state index < -0.39 is 0 Å². The molecular weight excluding hydrogens is 114 g/mol. The minimum atomic E-state index is -0.0428. The van der Waals surface area contributed by atoms with Crippen molar-refractivity contribution in [1.29, 1.82) is 5.41 Å². The maximum absolute atomic E-state index is 10.2. The maximum Gasteiger partial charge on any atom is 0.128 e. The Morgan fingerprint density at radius 1 is 1.56 bits per heavy atom. The summed E-state index contributed by atoms with van der Waals surface area (Å²) < 4.78 is 0. The molecule has 0 radical (unpaired) electrons. The molecule has 1 unspecified atom stereocenters. The summed E-state index contributed by atoms with van der Waals surface area (Å²) in [5.41, 5.74) is 0.635. The predicted molar refractivity (Wildman–Crippen MR) is 35.7 cm³/mol. The molecule has 0 aromatic rings. The van der Waals surface area contributed by atoms with Gasteiger partial charge < -0.3 is 10.2 Å². The largest absolute Gasteiger partial charge is 0.309 e. The molecule has 1 saturated carbocycles. The van der Waals surface area contributed by atoms with Gasteiger partial charge in [0.2, 0.25) is 0 Å². The number of aldehydes is 1. The second-order valence-corrected chi connectivity index (χ2v) is 2.51. The van der Waals surface area contributed by atoms with Crippen molar-refractivity contribution >= 4 is 12.0 Å². The van der Waals surface area contributed by atoms with Crippen LogP contribution in [0, 0.1) is 11.3 Å². The van der Waals surface area contributed by atoms with E-state index in [1.807, 2.05) is 0 Å². The molecule has 1 aliphatic carbocycles. The molecule has 0 heterocycles. The molecule has 1 atom stereocenters. The molecule has 50 valence electrons. The van der Waals surface area contributed by atoms with E-state index in [9.17, 15) is 4.79 Å². The van der Waals surface area contributed by atoms with Gasteiger partial charge in [-0.1, -0.05) is 6.42 Å². The maximum atomic E-state index is 10.2. The number of carbonyl (C=O) groups is 1. The first-order chi connectivity index (χ1) is 4.34. The normalized spacial score (nSPS) is 28.0. The number of hydrogen-bond donors (Lipinski definition) is 1. The third-order valence-corrected chi connectivity index (χ3v) is 1.82. The number of rotatable bonds is 1. The Labute approximate surface area is 54.8 Å². The predicted octanol–water partition coefficient (Wildman–Crippen LogP) is 1.40. The summed E-state index contributed by atoms with van der Waals surface area (Å²) in [6.07, 6.45) is 4.86. The van der Waals surface area contributed by atoms with E-state index in [1.165, 1.54) is 0 Å². The lowest BCUT2D eigenvalue weighted by atomic mass is 9.89. The fourth-order valence-electron chi connectivity index (χ4n) is 1.19. The van der Waals surface area contributed by atoms with Gasteiger partial charge in [0.25, 0.3) is 0 Å². The van der Waals surface area contributed by atoms with Crippen LogP contribution in [0.15, 0.2) is 0 Å². The molecule has 1 rings (SSSR count). The fourth-order valence-corrected chi connectivity index (χ4v) is 1.19. The minimum absolute atomic E-state index is 0.0428. The second-order valence-electron chi connectivity index (χ2n) is 2.51. The molecule has 9 heavy (non-hydrogen) atoms. The van der Waals surface area contributed by atoms with Crippen molar-refractivity contribution in [2.75, 3.05) is 0 Å². The molecule has 1 fully saturated rings. The van der Waals surface area contributed by atoms with Crippen LogP contribution in [0.1, 0.15) is 25.7 Å². The molecule has 1 N–H and O–H groups in total. The lowest BCUT2D eigenvalue weighted by Gasteiger charge is -2.16. The quantitative estimate of drug-likeness (QED) is 0.529. The van der Waals surface area contributed by atoms with Crippen LogP contribution < -0.4 is 0 Å². The monoisotopic (exact) mass is 125 g/mol. The van der Waals surface area contributed by atoms with E-state index in [1.54, 1.807) is 0 Å². The fraction of sp³-hybridized carbons (Fsp3) is 0.714. The first-order valence-corrected chi connectivity index (χ1v) is 3.37. The van der Waals surface area contributed by atoms with Crippen molar-refractivity contribution in [3.8, 4) is 0 Å².